The van der Waals surface area contributed by atoms with Crippen LogP contribution < -0.4 is 10.6 Å². The molecule has 0 unspecified atom stereocenters. The molecule has 0 radical (unpaired) electrons. The highest BCUT2D eigenvalue weighted by Gasteiger charge is 2.28. The highest BCUT2D eigenvalue weighted by molar-refractivity contribution is 7.90. The second-order valence-corrected chi connectivity index (χ2v) is 11.1. The number of aryl methyl sites for hydroxylation is 1. The minimum absolute atomic E-state index is 0.0853. The molecule has 11 heteroatoms. The lowest BCUT2D eigenvalue weighted by Gasteiger charge is -2.10. The third kappa shape index (κ3) is 5.23. The Hall–Kier alpha value is -2.82. The number of aromatic nitrogens is 2. The second-order valence-electron chi connectivity index (χ2n) is 7.63. The summed E-state index contributed by atoms with van der Waals surface area (Å²) in [6.45, 7) is 0.455. The fourth-order valence-electron chi connectivity index (χ4n) is 3.64. The van der Waals surface area contributed by atoms with Gasteiger partial charge in [-0.25, -0.2) is 18.4 Å². The van der Waals surface area contributed by atoms with Crippen LogP contribution in [0.1, 0.15) is 43.3 Å². The zero-order valence-corrected chi connectivity index (χ0v) is 20.1. The van der Waals surface area contributed by atoms with Gasteiger partial charge in [-0.2, -0.15) is 0 Å². The van der Waals surface area contributed by atoms with Crippen molar-refractivity contribution in [1.29, 1.82) is 0 Å². The number of hydrogen-bond donors (Lipinski definition) is 2. The molecule has 0 saturated heterocycles. The van der Waals surface area contributed by atoms with E-state index in [1.807, 2.05) is 30.3 Å². The van der Waals surface area contributed by atoms with E-state index in [0.717, 1.165) is 47.7 Å². The molecule has 1 aliphatic carbocycles. The maximum atomic E-state index is 13.1. The number of halogens is 1. The van der Waals surface area contributed by atoms with E-state index in [2.05, 4.69) is 20.6 Å². The van der Waals surface area contributed by atoms with E-state index < -0.39 is 20.9 Å². The van der Waals surface area contributed by atoms with Crippen LogP contribution in [0.15, 0.2) is 41.7 Å². The fraction of sp³-hybridized carbons (Fsp3) is 0.273. The number of sulfone groups is 1. The van der Waals surface area contributed by atoms with E-state index in [4.69, 9.17) is 11.6 Å². The van der Waals surface area contributed by atoms with Crippen molar-refractivity contribution in [3.05, 3.63) is 68.8 Å². The number of rotatable bonds is 7. The van der Waals surface area contributed by atoms with Crippen molar-refractivity contribution < 1.29 is 18.0 Å². The van der Waals surface area contributed by atoms with Gasteiger partial charge in [0.15, 0.2) is 5.69 Å². The normalized spacial score (nSPS) is 12.9. The van der Waals surface area contributed by atoms with Crippen LogP contribution in [0.4, 0.5) is 5.00 Å². The summed E-state index contributed by atoms with van der Waals surface area (Å²) in [5, 5.41) is 5.48. The molecule has 4 rings (SSSR count). The predicted octanol–water partition coefficient (Wildman–Crippen LogP) is 3.31. The molecule has 0 atom stereocenters. The van der Waals surface area contributed by atoms with Crippen LogP contribution in [0, 0.1) is 0 Å². The summed E-state index contributed by atoms with van der Waals surface area (Å²) in [6.07, 6.45) is 5.26. The minimum Gasteiger partial charge on any atom is -0.352 e. The first-order chi connectivity index (χ1) is 15.7. The number of carbonyl (C=O) groups excluding carboxylic acids is 2. The summed E-state index contributed by atoms with van der Waals surface area (Å²) in [5.74, 6) is -0.961. The van der Waals surface area contributed by atoms with Crippen molar-refractivity contribution >= 4 is 49.6 Å². The van der Waals surface area contributed by atoms with Crippen LogP contribution in [-0.4, -0.2) is 43.0 Å². The van der Waals surface area contributed by atoms with Crippen molar-refractivity contribution in [2.24, 2.45) is 0 Å². The van der Waals surface area contributed by atoms with Crippen molar-refractivity contribution in [3.8, 4) is 0 Å². The number of hydrogen-bond acceptors (Lipinski definition) is 7. The molecule has 3 aromatic rings. The Morgan fingerprint density at radius 3 is 2.64 bits per heavy atom. The average Bonchev–Trinajstić information content (AvgIpc) is 3.34. The molecule has 0 spiro atoms. The Balaban J connectivity index is 1.55. The van der Waals surface area contributed by atoms with Crippen molar-refractivity contribution in [2.45, 2.75) is 30.8 Å². The van der Waals surface area contributed by atoms with Gasteiger partial charge in [0.25, 0.3) is 11.8 Å². The monoisotopic (exact) mass is 504 g/mol. The zero-order valence-electron chi connectivity index (χ0n) is 17.7. The lowest BCUT2D eigenvalue weighted by Crippen LogP contribution is -2.27. The number of thiophene rings is 1. The first-order valence-corrected chi connectivity index (χ1v) is 13.3. The van der Waals surface area contributed by atoms with Crippen LogP contribution in [0.2, 0.25) is 5.02 Å². The SMILES string of the molecule is CS(=O)(=O)c1ncc(Cl)c(C(=O)Nc2sc3c(c2C(=O)NCCc2ccccc2)CCC3)n1. The molecule has 1 aliphatic rings. The second kappa shape index (κ2) is 9.58. The van der Waals surface area contributed by atoms with Crippen LogP contribution >= 0.6 is 22.9 Å². The van der Waals surface area contributed by atoms with Crippen LogP contribution in [0.25, 0.3) is 0 Å². The fourth-order valence-corrected chi connectivity index (χ4v) is 5.60. The number of nitrogens with zero attached hydrogens (tertiary/aromatic N) is 2. The minimum atomic E-state index is -3.72. The molecule has 0 bridgehead atoms. The Labute approximate surface area is 200 Å². The van der Waals surface area contributed by atoms with Gasteiger partial charge in [0.05, 0.1) is 16.8 Å². The molecule has 2 aromatic heterocycles. The number of nitrogens with one attached hydrogen (secondary N) is 2. The molecule has 2 amide bonds. The van der Waals surface area contributed by atoms with Gasteiger partial charge in [0, 0.05) is 17.7 Å². The van der Waals surface area contributed by atoms with Crippen LogP contribution in [-0.2, 0) is 29.1 Å². The molecule has 1 aromatic carbocycles. The standard InChI is InChI=1S/C22H21ClN4O4S2/c1-33(30,31)22-25-12-15(23)18(26-22)20(29)27-21-17(14-8-5-9-16(14)32-21)19(28)24-11-10-13-6-3-2-4-7-13/h2-4,6-7,12H,5,8-11H2,1H3,(H,24,28)(H,27,29). The van der Waals surface area contributed by atoms with E-state index >= 15 is 0 Å². The van der Waals surface area contributed by atoms with Crippen molar-refractivity contribution in [2.75, 3.05) is 18.1 Å². The van der Waals surface area contributed by atoms with Gasteiger partial charge in [-0.1, -0.05) is 41.9 Å². The molecule has 2 N–H and O–H groups in total. The summed E-state index contributed by atoms with van der Waals surface area (Å²) in [6, 6.07) is 9.83. The first-order valence-electron chi connectivity index (χ1n) is 10.2. The number of anilines is 1. The topological polar surface area (TPSA) is 118 Å². The maximum Gasteiger partial charge on any atom is 0.276 e. The summed E-state index contributed by atoms with van der Waals surface area (Å²) in [4.78, 5) is 34.5. The van der Waals surface area contributed by atoms with Gasteiger partial charge in [0.1, 0.15) is 5.00 Å². The Morgan fingerprint density at radius 1 is 1.15 bits per heavy atom. The highest BCUT2D eigenvalue weighted by Crippen LogP contribution is 2.39. The van der Waals surface area contributed by atoms with E-state index in [0.29, 0.717) is 23.5 Å². The smallest absolute Gasteiger partial charge is 0.276 e. The summed E-state index contributed by atoms with van der Waals surface area (Å²) >= 11 is 7.40. The van der Waals surface area contributed by atoms with E-state index in [-0.39, 0.29) is 16.6 Å². The molecule has 2 heterocycles. The Bertz CT molecular complexity index is 1320. The summed E-state index contributed by atoms with van der Waals surface area (Å²) in [7, 11) is -3.72. The molecule has 0 fully saturated rings. The molecular formula is C22H21ClN4O4S2. The van der Waals surface area contributed by atoms with Gasteiger partial charge in [-0.05, 0) is 36.8 Å². The maximum absolute atomic E-state index is 13.1. The number of carbonyl (C=O) groups is 2. The van der Waals surface area contributed by atoms with Crippen LogP contribution in [0.3, 0.4) is 0 Å². The quantitative estimate of drug-likeness (QED) is 0.476. The zero-order chi connectivity index (χ0) is 23.6. The lowest BCUT2D eigenvalue weighted by molar-refractivity contribution is 0.0954. The summed E-state index contributed by atoms with van der Waals surface area (Å²) < 4.78 is 23.5. The van der Waals surface area contributed by atoms with Gasteiger partial charge in [-0.15, -0.1) is 11.3 Å². The number of amides is 2. The number of fused-ring (bicyclic) bond motifs is 1. The van der Waals surface area contributed by atoms with Crippen molar-refractivity contribution in [1.82, 2.24) is 15.3 Å². The first kappa shape index (κ1) is 23.3. The molecule has 8 nitrogen and oxygen atoms in total. The molecular weight excluding hydrogens is 484 g/mol. The number of benzene rings is 1. The molecule has 33 heavy (non-hydrogen) atoms. The molecule has 0 saturated carbocycles. The molecule has 172 valence electrons. The lowest BCUT2D eigenvalue weighted by atomic mass is 10.1. The van der Waals surface area contributed by atoms with Gasteiger partial charge < -0.3 is 10.6 Å². The van der Waals surface area contributed by atoms with Crippen LogP contribution in [0.5, 0.6) is 0 Å². The molecule has 0 aliphatic heterocycles. The largest absolute Gasteiger partial charge is 0.352 e. The summed E-state index contributed by atoms with van der Waals surface area (Å²) in [5.41, 5.74) is 2.23. The Kier molecular flexibility index (Phi) is 6.78. The highest BCUT2D eigenvalue weighted by atomic mass is 35.5. The Morgan fingerprint density at radius 2 is 1.91 bits per heavy atom. The average molecular weight is 505 g/mol. The third-order valence-corrected chi connectivity index (χ3v) is 7.53. The third-order valence-electron chi connectivity index (χ3n) is 5.19. The van der Waals surface area contributed by atoms with Gasteiger partial charge in [-0.3, -0.25) is 9.59 Å². The predicted molar refractivity (Wildman–Crippen MR) is 127 cm³/mol. The van der Waals surface area contributed by atoms with Gasteiger partial charge in [0.2, 0.25) is 15.0 Å². The van der Waals surface area contributed by atoms with Gasteiger partial charge >= 0.3 is 0 Å². The van der Waals surface area contributed by atoms with E-state index in [1.165, 1.54) is 11.3 Å². The van der Waals surface area contributed by atoms with E-state index in [9.17, 15) is 18.0 Å². The van der Waals surface area contributed by atoms with E-state index in [1.54, 1.807) is 0 Å². The van der Waals surface area contributed by atoms with Crippen molar-refractivity contribution in [3.63, 3.8) is 0 Å².